The molecule has 0 radical (unpaired) electrons. The van der Waals surface area contributed by atoms with Gasteiger partial charge in [-0.25, -0.2) is 5.43 Å². The maximum atomic E-state index is 11.4. The van der Waals surface area contributed by atoms with E-state index in [-0.39, 0.29) is 5.91 Å². The van der Waals surface area contributed by atoms with Gasteiger partial charge in [0.2, 0.25) is 0 Å². The van der Waals surface area contributed by atoms with E-state index in [2.05, 4.69) is 15.5 Å². The van der Waals surface area contributed by atoms with Crippen LogP contribution in [0.25, 0.3) is 0 Å². The molecule has 0 atom stereocenters. The minimum Gasteiger partial charge on any atom is -0.267 e. The standard InChI is InChI=1S/C10H13N3OS/c1-15-8-2-5-12-13-10(14)9-3-6-11-7-4-9/h3-7H,2,8H2,1H3,(H,13,14)/b12-5+. The van der Waals surface area contributed by atoms with Crippen LogP contribution >= 0.6 is 11.8 Å². The van der Waals surface area contributed by atoms with E-state index in [1.807, 2.05) is 6.26 Å². The Morgan fingerprint density at radius 2 is 2.33 bits per heavy atom. The zero-order valence-electron chi connectivity index (χ0n) is 8.51. The van der Waals surface area contributed by atoms with Crippen LogP contribution in [0, 0.1) is 0 Å². The van der Waals surface area contributed by atoms with Gasteiger partial charge in [0.1, 0.15) is 0 Å². The topological polar surface area (TPSA) is 54.4 Å². The SMILES string of the molecule is CSCC/C=N/NC(=O)c1ccncc1. The van der Waals surface area contributed by atoms with E-state index >= 15 is 0 Å². The molecule has 0 saturated carbocycles. The van der Waals surface area contributed by atoms with Crippen molar-refractivity contribution >= 4 is 23.9 Å². The first-order chi connectivity index (χ1) is 7.34. The Morgan fingerprint density at radius 3 is 3.00 bits per heavy atom. The van der Waals surface area contributed by atoms with Crippen LogP contribution in [0.5, 0.6) is 0 Å². The van der Waals surface area contributed by atoms with Crippen LogP contribution in [0.3, 0.4) is 0 Å². The summed E-state index contributed by atoms with van der Waals surface area (Å²) in [5.74, 6) is 0.798. The number of hydrazone groups is 1. The summed E-state index contributed by atoms with van der Waals surface area (Å²) in [6.07, 6.45) is 7.75. The highest BCUT2D eigenvalue weighted by molar-refractivity contribution is 7.98. The molecule has 4 nitrogen and oxygen atoms in total. The van der Waals surface area contributed by atoms with Crippen molar-refractivity contribution < 1.29 is 4.79 Å². The second kappa shape index (κ2) is 7.00. The number of thioether (sulfide) groups is 1. The van der Waals surface area contributed by atoms with Crippen LogP contribution in [0.1, 0.15) is 16.8 Å². The molecule has 0 unspecified atom stereocenters. The molecule has 80 valence electrons. The van der Waals surface area contributed by atoms with Crippen molar-refractivity contribution in [1.82, 2.24) is 10.4 Å². The first kappa shape index (κ1) is 11.7. The van der Waals surface area contributed by atoms with Gasteiger partial charge in [-0.1, -0.05) is 0 Å². The Labute approximate surface area is 93.2 Å². The van der Waals surface area contributed by atoms with E-state index in [4.69, 9.17) is 0 Å². The van der Waals surface area contributed by atoms with Gasteiger partial charge >= 0.3 is 0 Å². The maximum absolute atomic E-state index is 11.4. The highest BCUT2D eigenvalue weighted by Gasteiger charge is 2.01. The molecule has 1 rings (SSSR count). The van der Waals surface area contributed by atoms with Gasteiger partial charge in [0.05, 0.1) is 0 Å². The van der Waals surface area contributed by atoms with Crippen LogP contribution < -0.4 is 5.43 Å². The largest absolute Gasteiger partial charge is 0.271 e. The van der Waals surface area contributed by atoms with Gasteiger partial charge in [-0.05, 0) is 30.6 Å². The molecule has 5 heteroatoms. The van der Waals surface area contributed by atoms with Gasteiger partial charge in [-0.3, -0.25) is 9.78 Å². The number of nitrogens with zero attached hydrogens (tertiary/aromatic N) is 2. The number of hydrogen-bond donors (Lipinski definition) is 1. The van der Waals surface area contributed by atoms with Gasteiger partial charge in [0, 0.05) is 24.2 Å². The number of aromatic nitrogens is 1. The maximum Gasteiger partial charge on any atom is 0.271 e. The summed E-state index contributed by atoms with van der Waals surface area (Å²) < 4.78 is 0. The summed E-state index contributed by atoms with van der Waals surface area (Å²) in [5, 5.41) is 3.83. The Bertz CT molecular complexity index is 327. The first-order valence-corrected chi connectivity index (χ1v) is 5.95. The smallest absolute Gasteiger partial charge is 0.267 e. The van der Waals surface area contributed by atoms with Crippen molar-refractivity contribution in [3.05, 3.63) is 30.1 Å². The van der Waals surface area contributed by atoms with Gasteiger partial charge in [-0.2, -0.15) is 16.9 Å². The number of amides is 1. The van der Waals surface area contributed by atoms with Crippen molar-refractivity contribution in [2.24, 2.45) is 5.10 Å². The Balaban J connectivity index is 2.34. The Morgan fingerprint density at radius 1 is 1.60 bits per heavy atom. The molecule has 1 amide bonds. The van der Waals surface area contributed by atoms with Gasteiger partial charge in [0.25, 0.3) is 5.91 Å². The summed E-state index contributed by atoms with van der Waals surface area (Å²) in [6, 6.07) is 3.29. The lowest BCUT2D eigenvalue weighted by atomic mass is 10.3. The number of carbonyl (C=O) groups excluding carboxylic acids is 1. The molecular formula is C10H13N3OS. The van der Waals surface area contributed by atoms with Gasteiger partial charge < -0.3 is 0 Å². The molecule has 15 heavy (non-hydrogen) atoms. The molecule has 0 spiro atoms. The Hall–Kier alpha value is -1.36. The number of hydrogen-bond acceptors (Lipinski definition) is 4. The molecule has 0 aromatic carbocycles. The molecule has 1 aromatic rings. The quantitative estimate of drug-likeness (QED) is 0.468. The van der Waals surface area contributed by atoms with Crippen molar-refractivity contribution in [2.45, 2.75) is 6.42 Å². The molecule has 0 bridgehead atoms. The first-order valence-electron chi connectivity index (χ1n) is 4.55. The van der Waals surface area contributed by atoms with Gasteiger partial charge in [0.15, 0.2) is 0 Å². The van der Waals surface area contributed by atoms with Crippen LogP contribution in [0.15, 0.2) is 29.6 Å². The third-order valence-corrected chi connectivity index (χ3v) is 2.29. The molecule has 0 aliphatic carbocycles. The fourth-order valence-corrected chi connectivity index (χ4v) is 1.25. The van der Waals surface area contributed by atoms with Crippen molar-refractivity contribution in [3.63, 3.8) is 0 Å². The molecule has 1 aromatic heterocycles. The molecule has 0 fully saturated rings. The lowest BCUT2D eigenvalue weighted by Gasteiger charge is -1.97. The summed E-state index contributed by atoms with van der Waals surface area (Å²) in [4.78, 5) is 15.2. The molecule has 0 aliphatic rings. The molecule has 1 N–H and O–H groups in total. The highest BCUT2D eigenvalue weighted by atomic mass is 32.2. The number of carbonyl (C=O) groups is 1. The lowest BCUT2D eigenvalue weighted by molar-refractivity contribution is 0.0955. The van der Waals surface area contributed by atoms with E-state index in [1.54, 1.807) is 42.5 Å². The lowest BCUT2D eigenvalue weighted by Crippen LogP contribution is -2.17. The van der Waals surface area contributed by atoms with E-state index in [9.17, 15) is 4.79 Å². The molecular weight excluding hydrogens is 210 g/mol. The minimum atomic E-state index is -0.210. The summed E-state index contributed by atoms with van der Waals surface area (Å²) in [7, 11) is 0. The summed E-state index contributed by atoms with van der Waals surface area (Å²) in [6.45, 7) is 0. The molecule has 0 aliphatic heterocycles. The van der Waals surface area contributed by atoms with Crippen LogP contribution in [0.2, 0.25) is 0 Å². The zero-order valence-corrected chi connectivity index (χ0v) is 9.33. The van der Waals surface area contributed by atoms with Gasteiger partial charge in [-0.15, -0.1) is 0 Å². The second-order valence-corrected chi connectivity index (χ2v) is 3.76. The Kier molecular flexibility index (Phi) is 5.47. The van der Waals surface area contributed by atoms with E-state index in [1.165, 1.54) is 0 Å². The minimum absolute atomic E-state index is 0.210. The fourth-order valence-electron chi connectivity index (χ4n) is 0.907. The van der Waals surface area contributed by atoms with Crippen molar-refractivity contribution in [1.29, 1.82) is 0 Å². The number of nitrogens with one attached hydrogen (secondary N) is 1. The predicted octanol–water partition coefficient (Wildman–Crippen LogP) is 1.55. The molecule has 1 heterocycles. The average Bonchev–Trinajstić information content (AvgIpc) is 2.30. The predicted molar refractivity (Wildman–Crippen MR) is 63.2 cm³/mol. The molecule has 0 saturated heterocycles. The van der Waals surface area contributed by atoms with Crippen LogP contribution in [-0.2, 0) is 0 Å². The van der Waals surface area contributed by atoms with Crippen molar-refractivity contribution in [3.8, 4) is 0 Å². The van der Waals surface area contributed by atoms with E-state index < -0.39 is 0 Å². The fraction of sp³-hybridized carbons (Fsp3) is 0.300. The van der Waals surface area contributed by atoms with Crippen molar-refractivity contribution in [2.75, 3.05) is 12.0 Å². The number of pyridine rings is 1. The normalized spacial score (nSPS) is 10.5. The average molecular weight is 223 g/mol. The third-order valence-electron chi connectivity index (χ3n) is 1.65. The summed E-state index contributed by atoms with van der Waals surface area (Å²) in [5.41, 5.74) is 3.01. The monoisotopic (exact) mass is 223 g/mol. The second-order valence-electron chi connectivity index (χ2n) is 2.77. The third kappa shape index (κ3) is 4.60. The van der Waals surface area contributed by atoms with E-state index in [0.29, 0.717) is 5.56 Å². The summed E-state index contributed by atoms with van der Waals surface area (Å²) >= 11 is 1.74. The van der Waals surface area contributed by atoms with Crippen LogP contribution in [0.4, 0.5) is 0 Å². The van der Waals surface area contributed by atoms with Crippen LogP contribution in [-0.4, -0.2) is 29.1 Å². The van der Waals surface area contributed by atoms with E-state index in [0.717, 1.165) is 12.2 Å². The zero-order chi connectivity index (χ0) is 10.9. The number of rotatable bonds is 5. The highest BCUT2D eigenvalue weighted by Crippen LogP contribution is 1.95.